The number of carbonyl (C=O) groups is 2. The maximum atomic E-state index is 12.5. The Labute approximate surface area is 189 Å². The zero-order valence-corrected chi connectivity index (χ0v) is 18.9. The zero-order valence-electron chi connectivity index (χ0n) is 18.9. The van der Waals surface area contributed by atoms with Crippen LogP contribution in [0.1, 0.15) is 36.4 Å². The average Bonchev–Trinajstić information content (AvgIpc) is 3.20. The Hall–Kier alpha value is -3.06. The smallest absolute Gasteiger partial charge is 0.313 e. The third-order valence-corrected chi connectivity index (χ3v) is 6.46. The molecule has 0 saturated carbocycles. The van der Waals surface area contributed by atoms with Crippen LogP contribution in [0.25, 0.3) is 0 Å². The predicted octanol–water partition coefficient (Wildman–Crippen LogP) is 2.97. The number of anilines is 2. The quantitative estimate of drug-likeness (QED) is 0.681. The second-order valence-electron chi connectivity index (χ2n) is 8.56. The molecule has 2 aromatic carbocycles. The van der Waals surface area contributed by atoms with Gasteiger partial charge in [0.1, 0.15) is 5.75 Å². The lowest BCUT2D eigenvalue weighted by Gasteiger charge is -2.35. The lowest BCUT2D eigenvalue weighted by Crippen LogP contribution is -2.43. The third-order valence-electron chi connectivity index (χ3n) is 6.46. The van der Waals surface area contributed by atoms with Gasteiger partial charge < -0.3 is 20.3 Å². The fraction of sp³-hybridized carbons (Fsp3) is 0.440. The maximum absolute atomic E-state index is 12.5. The number of benzene rings is 2. The van der Waals surface area contributed by atoms with Crippen LogP contribution in [0.4, 0.5) is 11.4 Å². The molecule has 2 heterocycles. The van der Waals surface area contributed by atoms with Crippen molar-refractivity contribution in [2.24, 2.45) is 0 Å². The Morgan fingerprint density at radius 2 is 1.75 bits per heavy atom. The molecule has 1 unspecified atom stereocenters. The van der Waals surface area contributed by atoms with Gasteiger partial charge >= 0.3 is 11.8 Å². The van der Waals surface area contributed by atoms with Crippen molar-refractivity contribution < 1.29 is 14.3 Å². The lowest BCUT2D eigenvalue weighted by atomic mass is 9.98. The van der Waals surface area contributed by atoms with Crippen molar-refractivity contribution in [3.05, 3.63) is 53.6 Å². The van der Waals surface area contributed by atoms with E-state index in [1.165, 1.54) is 23.2 Å². The zero-order chi connectivity index (χ0) is 22.5. The summed E-state index contributed by atoms with van der Waals surface area (Å²) in [4.78, 5) is 29.7. The summed E-state index contributed by atoms with van der Waals surface area (Å²) in [6, 6.07) is 13.6. The van der Waals surface area contributed by atoms with Crippen molar-refractivity contribution in [3.63, 3.8) is 0 Å². The predicted molar refractivity (Wildman–Crippen MR) is 126 cm³/mol. The van der Waals surface area contributed by atoms with E-state index in [2.05, 4.69) is 45.7 Å². The molecular weight excluding hydrogens is 404 g/mol. The van der Waals surface area contributed by atoms with Gasteiger partial charge in [0.25, 0.3) is 0 Å². The van der Waals surface area contributed by atoms with Crippen LogP contribution in [0, 0.1) is 0 Å². The van der Waals surface area contributed by atoms with E-state index in [1.807, 2.05) is 0 Å². The number of nitrogens with zero attached hydrogens (tertiary/aromatic N) is 2. The van der Waals surface area contributed by atoms with Crippen molar-refractivity contribution in [3.8, 4) is 5.75 Å². The molecule has 0 bridgehead atoms. The minimum absolute atomic E-state index is 0.0595. The highest BCUT2D eigenvalue weighted by molar-refractivity contribution is 6.39. The van der Waals surface area contributed by atoms with E-state index in [1.54, 1.807) is 31.4 Å². The number of ether oxygens (including phenoxy) is 1. The molecule has 32 heavy (non-hydrogen) atoms. The number of amides is 2. The molecule has 170 valence electrons. The number of carbonyl (C=O) groups excluding carboxylic acids is 2. The molecule has 7 nitrogen and oxygen atoms in total. The molecule has 4 rings (SSSR count). The Bertz CT molecular complexity index is 954. The van der Waals surface area contributed by atoms with E-state index in [4.69, 9.17) is 4.74 Å². The van der Waals surface area contributed by atoms with Crippen LogP contribution in [0.5, 0.6) is 5.75 Å². The van der Waals surface area contributed by atoms with Crippen LogP contribution in [-0.2, 0) is 16.0 Å². The van der Waals surface area contributed by atoms with Gasteiger partial charge in [0.15, 0.2) is 0 Å². The third kappa shape index (κ3) is 5.05. The molecule has 2 aliphatic heterocycles. The summed E-state index contributed by atoms with van der Waals surface area (Å²) in [5.74, 6) is -0.593. The highest BCUT2D eigenvalue weighted by Gasteiger charge is 2.26. The highest BCUT2D eigenvalue weighted by atomic mass is 16.5. The van der Waals surface area contributed by atoms with Crippen molar-refractivity contribution in [1.82, 2.24) is 10.2 Å². The molecule has 2 amide bonds. The first-order valence-electron chi connectivity index (χ1n) is 11.4. The number of methoxy groups -OCH3 is 1. The van der Waals surface area contributed by atoms with Crippen LogP contribution in [0.2, 0.25) is 0 Å². The van der Waals surface area contributed by atoms with Gasteiger partial charge in [-0.2, -0.15) is 0 Å². The Morgan fingerprint density at radius 3 is 2.47 bits per heavy atom. The standard InChI is InChI=1S/C25H32N4O3/c1-28-15-12-19-16-18(6-11-22(19)28)23(29-13-4-3-5-14-29)17-26-24(30)25(31)27-20-7-9-21(32-2)10-8-20/h6-11,16,23H,3-5,12-15,17H2,1-2H3,(H,26,30)(H,27,31). The van der Waals surface area contributed by atoms with Gasteiger partial charge in [-0.3, -0.25) is 14.5 Å². The second-order valence-corrected chi connectivity index (χ2v) is 8.56. The van der Waals surface area contributed by atoms with E-state index in [0.29, 0.717) is 18.0 Å². The summed E-state index contributed by atoms with van der Waals surface area (Å²) in [6.45, 7) is 3.46. The number of hydrogen-bond donors (Lipinski definition) is 2. The Kier molecular flexibility index (Phi) is 6.95. The largest absolute Gasteiger partial charge is 0.497 e. The van der Waals surface area contributed by atoms with Gasteiger partial charge in [-0.1, -0.05) is 18.6 Å². The van der Waals surface area contributed by atoms with Gasteiger partial charge in [-0.25, -0.2) is 0 Å². The van der Waals surface area contributed by atoms with Gasteiger partial charge in [0.05, 0.1) is 13.2 Å². The molecule has 2 aliphatic rings. The number of fused-ring (bicyclic) bond motifs is 1. The van der Waals surface area contributed by atoms with E-state index in [-0.39, 0.29) is 6.04 Å². The first-order chi connectivity index (χ1) is 15.5. The second kappa shape index (κ2) is 10.0. The monoisotopic (exact) mass is 436 g/mol. The summed E-state index contributed by atoms with van der Waals surface area (Å²) in [7, 11) is 3.70. The fourth-order valence-corrected chi connectivity index (χ4v) is 4.61. The lowest BCUT2D eigenvalue weighted by molar-refractivity contribution is -0.136. The van der Waals surface area contributed by atoms with Gasteiger partial charge in [0, 0.05) is 31.5 Å². The molecule has 1 fully saturated rings. The summed E-state index contributed by atoms with van der Waals surface area (Å²) >= 11 is 0. The summed E-state index contributed by atoms with van der Waals surface area (Å²) < 4.78 is 5.12. The number of likely N-dealkylation sites (N-methyl/N-ethyl adjacent to an activating group) is 1. The molecule has 0 radical (unpaired) electrons. The van der Waals surface area contributed by atoms with E-state index >= 15 is 0 Å². The Morgan fingerprint density at radius 1 is 1.00 bits per heavy atom. The number of likely N-dealkylation sites (tertiary alicyclic amines) is 1. The minimum Gasteiger partial charge on any atom is -0.497 e. The van der Waals surface area contributed by atoms with Crippen molar-refractivity contribution in [2.75, 3.05) is 50.6 Å². The SMILES string of the molecule is COc1ccc(NC(=O)C(=O)NCC(c2ccc3c(c2)CCN3C)N2CCCCC2)cc1. The fourth-order valence-electron chi connectivity index (χ4n) is 4.61. The van der Waals surface area contributed by atoms with Crippen LogP contribution >= 0.6 is 0 Å². The van der Waals surface area contributed by atoms with Crippen LogP contribution in [-0.4, -0.2) is 57.1 Å². The molecule has 0 aromatic heterocycles. The van der Waals surface area contributed by atoms with Crippen molar-refractivity contribution in [2.45, 2.75) is 31.7 Å². The number of nitrogens with one attached hydrogen (secondary N) is 2. The van der Waals surface area contributed by atoms with Crippen molar-refractivity contribution in [1.29, 1.82) is 0 Å². The van der Waals surface area contributed by atoms with Crippen LogP contribution < -0.4 is 20.3 Å². The normalized spacial score (nSPS) is 16.9. The average molecular weight is 437 g/mol. The molecule has 1 saturated heterocycles. The summed E-state index contributed by atoms with van der Waals surface area (Å²) in [6.07, 6.45) is 4.62. The van der Waals surface area contributed by atoms with Crippen LogP contribution in [0.3, 0.4) is 0 Å². The number of piperidine rings is 1. The van der Waals surface area contributed by atoms with E-state index in [0.717, 1.165) is 38.9 Å². The highest BCUT2D eigenvalue weighted by Crippen LogP contribution is 2.32. The first-order valence-corrected chi connectivity index (χ1v) is 11.4. The molecular formula is C25H32N4O3. The topological polar surface area (TPSA) is 73.9 Å². The number of rotatable bonds is 6. The molecule has 1 atom stereocenters. The van der Waals surface area contributed by atoms with Gasteiger partial charge in [-0.15, -0.1) is 0 Å². The van der Waals surface area contributed by atoms with Crippen LogP contribution in [0.15, 0.2) is 42.5 Å². The number of hydrogen-bond acceptors (Lipinski definition) is 5. The van der Waals surface area contributed by atoms with E-state index < -0.39 is 11.8 Å². The van der Waals surface area contributed by atoms with Gasteiger partial charge in [-0.05, 0) is 73.8 Å². The first kappa shape index (κ1) is 22.1. The molecule has 7 heteroatoms. The minimum atomic E-state index is -0.664. The molecule has 2 aromatic rings. The maximum Gasteiger partial charge on any atom is 0.313 e. The Balaban J connectivity index is 1.42. The molecule has 0 spiro atoms. The van der Waals surface area contributed by atoms with Crippen molar-refractivity contribution >= 4 is 23.2 Å². The van der Waals surface area contributed by atoms with Gasteiger partial charge in [0.2, 0.25) is 0 Å². The summed E-state index contributed by atoms with van der Waals surface area (Å²) in [5.41, 5.74) is 4.41. The molecule has 0 aliphatic carbocycles. The molecule has 2 N–H and O–H groups in total. The summed E-state index contributed by atoms with van der Waals surface area (Å²) in [5, 5.41) is 5.52. The van der Waals surface area contributed by atoms with E-state index in [9.17, 15) is 9.59 Å².